The summed E-state index contributed by atoms with van der Waals surface area (Å²) >= 11 is 1.87. The van der Waals surface area contributed by atoms with Gasteiger partial charge in [0.05, 0.1) is 5.92 Å². The molecule has 25 heavy (non-hydrogen) atoms. The van der Waals surface area contributed by atoms with E-state index in [1.807, 2.05) is 17.8 Å². The lowest BCUT2D eigenvalue weighted by molar-refractivity contribution is -0.143. The van der Waals surface area contributed by atoms with Gasteiger partial charge in [0.15, 0.2) is 0 Å². The van der Waals surface area contributed by atoms with Crippen LogP contribution >= 0.6 is 11.8 Å². The number of rotatable bonds is 7. The van der Waals surface area contributed by atoms with Crippen molar-refractivity contribution in [2.45, 2.75) is 56.2 Å². The molecule has 0 aliphatic carbocycles. The fraction of sp³-hybridized carbons (Fsp3) is 0.650. The van der Waals surface area contributed by atoms with E-state index in [0.29, 0.717) is 5.25 Å². The van der Waals surface area contributed by atoms with Crippen LogP contribution in [-0.2, 0) is 4.79 Å². The molecule has 0 saturated carbocycles. The summed E-state index contributed by atoms with van der Waals surface area (Å²) in [5.41, 5.74) is 6.72. The maximum Gasteiger partial charge on any atom is 0.306 e. The van der Waals surface area contributed by atoms with Gasteiger partial charge in [0.2, 0.25) is 0 Å². The molecule has 2 rings (SSSR count). The highest BCUT2D eigenvalue weighted by molar-refractivity contribution is 8.00. The lowest BCUT2D eigenvalue weighted by Crippen LogP contribution is -2.44. The lowest BCUT2D eigenvalue weighted by atomic mass is 9.86. The highest BCUT2D eigenvalue weighted by Crippen LogP contribution is 2.37. The van der Waals surface area contributed by atoms with Crippen LogP contribution in [-0.4, -0.2) is 46.9 Å². The molecule has 0 aromatic heterocycles. The number of hydrogen-bond acceptors (Lipinski definition) is 4. The molecule has 5 heteroatoms. The summed E-state index contributed by atoms with van der Waals surface area (Å²) in [7, 11) is 0. The second-order valence-corrected chi connectivity index (χ2v) is 9.34. The first-order chi connectivity index (χ1) is 11.8. The number of hydrogen-bond donors (Lipinski definition) is 2. The van der Waals surface area contributed by atoms with E-state index in [-0.39, 0.29) is 17.4 Å². The molecule has 0 spiro atoms. The summed E-state index contributed by atoms with van der Waals surface area (Å²) in [6.45, 7) is 9.46. The van der Waals surface area contributed by atoms with E-state index in [1.165, 1.54) is 4.90 Å². The van der Waals surface area contributed by atoms with E-state index in [0.717, 1.165) is 38.9 Å². The number of carbonyl (C=O) groups is 1. The molecule has 1 fully saturated rings. The number of benzene rings is 1. The predicted molar refractivity (Wildman–Crippen MR) is 105 cm³/mol. The number of nitrogens with two attached hydrogens (primary N) is 1. The molecule has 1 heterocycles. The zero-order valence-corrected chi connectivity index (χ0v) is 16.5. The molecule has 1 aromatic rings. The second-order valence-electron chi connectivity index (χ2n) is 8.12. The average Bonchev–Trinajstić information content (AvgIpc) is 2.58. The van der Waals surface area contributed by atoms with Gasteiger partial charge in [-0.05, 0) is 56.4 Å². The van der Waals surface area contributed by atoms with Crippen molar-refractivity contribution >= 4 is 17.7 Å². The zero-order valence-electron chi connectivity index (χ0n) is 15.6. The van der Waals surface area contributed by atoms with Crippen LogP contribution in [0.15, 0.2) is 35.2 Å². The second kappa shape index (κ2) is 9.06. The number of piperidine rings is 1. The molecule has 140 valence electrons. The summed E-state index contributed by atoms with van der Waals surface area (Å²) < 4.78 is 0. The van der Waals surface area contributed by atoms with Gasteiger partial charge in [0.25, 0.3) is 0 Å². The normalized spacial score (nSPS) is 19.5. The van der Waals surface area contributed by atoms with Crippen LogP contribution in [0.3, 0.4) is 0 Å². The summed E-state index contributed by atoms with van der Waals surface area (Å²) in [5, 5.41) is 9.44. The van der Waals surface area contributed by atoms with E-state index in [4.69, 9.17) is 10.8 Å². The van der Waals surface area contributed by atoms with E-state index in [1.54, 1.807) is 0 Å². The Morgan fingerprint density at radius 3 is 2.40 bits per heavy atom. The van der Waals surface area contributed by atoms with Crippen molar-refractivity contribution in [2.24, 2.45) is 17.1 Å². The molecule has 1 aliphatic heterocycles. The standard InChI is InChI=1S/C20H32N2O2S/c1-20(2,3)18(25-16-7-5-4-6-8-16)17(21)11-14-22-12-9-15(10-13-22)19(23)24/h4-8,15,17-18H,9-14,21H2,1-3H3,(H,23,24). The van der Waals surface area contributed by atoms with Gasteiger partial charge < -0.3 is 15.7 Å². The number of aliphatic carboxylic acids is 1. The lowest BCUT2D eigenvalue weighted by Gasteiger charge is -2.36. The predicted octanol–water partition coefficient (Wildman–Crippen LogP) is 3.71. The van der Waals surface area contributed by atoms with Crippen molar-refractivity contribution in [1.29, 1.82) is 0 Å². The van der Waals surface area contributed by atoms with E-state index in [2.05, 4.69) is 49.9 Å². The van der Waals surface area contributed by atoms with Gasteiger partial charge in [-0.2, -0.15) is 0 Å². The van der Waals surface area contributed by atoms with Crippen molar-refractivity contribution < 1.29 is 9.90 Å². The molecule has 2 atom stereocenters. The Kier molecular flexibility index (Phi) is 7.35. The Morgan fingerprint density at radius 1 is 1.28 bits per heavy atom. The third-order valence-corrected chi connectivity index (χ3v) is 6.82. The molecular formula is C20H32N2O2S. The fourth-order valence-corrected chi connectivity index (χ4v) is 4.71. The molecule has 0 amide bonds. The smallest absolute Gasteiger partial charge is 0.306 e. The van der Waals surface area contributed by atoms with Crippen LogP contribution in [0.25, 0.3) is 0 Å². The zero-order chi connectivity index (χ0) is 18.4. The van der Waals surface area contributed by atoms with Crippen LogP contribution in [0.5, 0.6) is 0 Å². The van der Waals surface area contributed by atoms with Gasteiger partial charge in [-0.15, -0.1) is 11.8 Å². The van der Waals surface area contributed by atoms with Crippen LogP contribution in [0.4, 0.5) is 0 Å². The van der Waals surface area contributed by atoms with Crippen LogP contribution in [0, 0.1) is 11.3 Å². The van der Waals surface area contributed by atoms with Crippen molar-refractivity contribution in [3.63, 3.8) is 0 Å². The molecule has 4 nitrogen and oxygen atoms in total. The number of carboxylic acid groups (broad SMARTS) is 1. The summed E-state index contributed by atoms with van der Waals surface area (Å²) in [4.78, 5) is 14.7. The monoisotopic (exact) mass is 364 g/mol. The first-order valence-corrected chi connectivity index (χ1v) is 10.1. The third-order valence-electron chi connectivity index (χ3n) is 4.96. The van der Waals surface area contributed by atoms with Crippen LogP contribution < -0.4 is 5.73 Å². The SMILES string of the molecule is CC(C)(C)C(Sc1ccccc1)C(N)CCN1CCC(C(=O)O)CC1. The Hall–Kier alpha value is -1.04. The maximum absolute atomic E-state index is 11.1. The third kappa shape index (κ3) is 6.32. The van der Waals surface area contributed by atoms with Gasteiger partial charge >= 0.3 is 5.97 Å². The van der Waals surface area contributed by atoms with Crippen LogP contribution in [0.1, 0.15) is 40.0 Å². The summed E-state index contributed by atoms with van der Waals surface area (Å²) in [5.74, 6) is -0.815. The molecule has 1 aliphatic rings. The number of likely N-dealkylation sites (tertiary alicyclic amines) is 1. The van der Waals surface area contributed by atoms with Crippen LogP contribution in [0.2, 0.25) is 0 Å². The van der Waals surface area contributed by atoms with E-state index >= 15 is 0 Å². The molecule has 1 saturated heterocycles. The number of carboxylic acids is 1. The topological polar surface area (TPSA) is 66.6 Å². The molecular weight excluding hydrogens is 332 g/mol. The Bertz CT molecular complexity index is 536. The van der Waals surface area contributed by atoms with Crippen molar-refractivity contribution in [3.8, 4) is 0 Å². The van der Waals surface area contributed by atoms with Gasteiger partial charge in [-0.3, -0.25) is 4.79 Å². The summed E-state index contributed by atoms with van der Waals surface area (Å²) in [6.07, 6.45) is 2.46. The number of thioether (sulfide) groups is 1. The fourth-order valence-electron chi connectivity index (χ4n) is 3.44. The minimum atomic E-state index is -0.650. The van der Waals surface area contributed by atoms with Gasteiger partial charge in [-0.25, -0.2) is 0 Å². The van der Waals surface area contributed by atoms with E-state index in [9.17, 15) is 4.79 Å². The average molecular weight is 365 g/mol. The van der Waals surface area contributed by atoms with Crippen molar-refractivity contribution in [2.75, 3.05) is 19.6 Å². The molecule has 2 unspecified atom stereocenters. The highest BCUT2D eigenvalue weighted by atomic mass is 32.2. The van der Waals surface area contributed by atoms with Gasteiger partial charge in [0, 0.05) is 16.2 Å². The Morgan fingerprint density at radius 2 is 1.88 bits per heavy atom. The van der Waals surface area contributed by atoms with Crippen molar-refractivity contribution in [1.82, 2.24) is 4.90 Å². The minimum Gasteiger partial charge on any atom is -0.481 e. The van der Waals surface area contributed by atoms with Gasteiger partial charge in [-0.1, -0.05) is 39.0 Å². The minimum absolute atomic E-state index is 0.113. The largest absolute Gasteiger partial charge is 0.481 e. The first kappa shape index (κ1) is 20.3. The van der Waals surface area contributed by atoms with Crippen molar-refractivity contribution in [3.05, 3.63) is 30.3 Å². The van der Waals surface area contributed by atoms with Gasteiger partial charge in [0.1, 0.15) is 0 Å². The maximum atomic E-state index is 11.1. The Balaban J connectivity index is 1.87. The highest BCUT2D eigenvalue weighted by Gasteiger charge is 2.32. The molecule has 0 bridgehead atoms. The molecule has 0 radical (unpaired) electrons. The quantitative estimate of drug-likeness (QED) is 0.722. The number of nitrogens with zero attached hydrogens (tertiary/aromatic N) is 1. The molecule has 1 aromatic carbocycles. The van der Waals surface area contributed by atoms with E-state index < -0.39 is 5.97 Å². The Labute approximate surface area is 156 Å². The molecule has 3 N–H and O–H groups in total. The summed E-state index contributed by atoms with van der Waals surface area (Å²) in [6, 6.07) is 10.6. The first-order valence-electron chi connectivity index (χ1n) is 9.20.